The second-order valence-electron chi connectivity index (χ2n) is 4.14. The summed E-state index contributed by atoms with van der Waals surface area (Å²) in [7, 11) is 0. The summed E-state index contributed by atoms with van der Waals surface area (Å²) in [6.07, 6.45) is 3.40. The van der Waals surface area contributed by atoms with E-state index in [0.29, 0.717) is 0 Å². The number of halogens is 1. The molecule has 5 nitrogen and oxygen atoms in total. The van der Waals surface area contributed by atoms with Gasteiger partial charge in [0.05, 0.1) is 5.69 Å². The van der Waals surface area contributed by atoms with E-state index in [2.05, 4.69) is 56.2 Å². The number of aryl methyl sites for hydroxylation is 2. The van der Waals surface area contributed by atoms with Crippen molar-refractivity contribution in [3.8, 4) is 5.82 Å². The Kier molecular flexibility index (Phi) is 4.52. The number of nitrogens with zero attached hydrogens (tertiary/aromatic N) is 4. The number of anilines is 1. The number of rotatable bonds is 5. The van der Waals surface area contributed by atoms with E-state index in [1.54, 1.807) is 6.33 Å². The zero-order chi connectivity index (χ0) is 13.8. The van der Waals surface area contributed by atoms with Crippen molar-refractivity contribution in [2.75, 3.05) is 11.9 Å². The molecular weight excluding hydrogens is 306 g/mol. The minimum atomic E-state index is 0.780. The fourth-order valence-electron chi connectivity index (χ4n) is 1.88. The molecule has 0 radical (unpaired) electrons. The van der Waals surface area contributed by atoms with Crippen LogP contribution in [0.5, 0.6) is 0 Å². The molecule has 0 saturated heterocycles. The van der Waals surface area contributed by atoms with Crippen molar-refractivity contribution < 1.29 is 0 Å². The largest absolute Gasteiger partial charge is 0.369 e. The standard InChI is InChI=1S/C13H18BrN5/c1-4-9-7-10(5-2)19(18-9)13-11(14)12(15-6-3)16-8-17-13/h7-8H,4-6H2,1-3H3,(H,15,16,17). The van der Waals surface area contributed by atoms with Crippen LogP contribution in [0.4, 0.5) is 5.82 Å². The molecule has 19 heavy (non-hydrogen) atoms. The summed E-state index contributed by atoms with van der Waals surface area (Å²) in [6, 6.07) is 2.13. The molecule has 0 amide bonds. The average Bonchev–Trinajstić information content (AvgIpc) is 2.84. The molecule has 0 spiro atoms. The second-order valence-corrected chi connectivity index (χ2v) is 4.93. The lowest BCUT2D eigenvalue weighted by Crippen LogP contribution is -2.09. The van der Waals surface area contributed by atoms with Crippen molar-refractivity contribution in [2.24, 2.45) is 0 Å². The lowest BCUT2D eigenvalue weighted by molar-refractivity contribution is 0.764. The van der Waals surface area contributed by atoms with Crippen molar-refractivity contribution in [3.05, 3.63) is 28.3 Å². The predicted octanol–water partition coefficient (Wildman–Crippen LogP) is 2.98. The molecule has 6 heteroatoms. The van der Waals surface area contributed by atoms with Crippen LogP contribution < -0.4 is 5.32 Å². The highest BCUT2D eigenvalue weighted by Gasteiger charge is 2.14. The molecule has 102 valence electrons. The molecule has 0 atom stereocenters. The lowest BCUT2D eigenvalue weighted by atomic mass is 10.2. The summed E-state index contributed by atoms with van der Waals surface area (Å²) >= 11 is 3.57. The zero-order valence-electron chi connectivity index (χ0n) is 11.4. The topological polar surface area (TPSA) is 55.6 Å². The normalized spacial score (nSPS) is 10.7. The highest BCUT2D eigenvalue weighted by Crippen LogP contribution is 2.26. The molecule has 0 unspecified atom stereocenters. The van der Waals surface area contributed by atoms with Gasteiger partial charge in [-0.25, -0.2) is 14.6 Å². The van der Waals surface area contributed by atoms with Crippen LogP contribution in [0.15, 0.2) is 16.9 Å². The number of hydrogen-bond acceptors (Lipinski definition) is 4. The van der Waals surface area contributed by atoms with Gasteiger partial charge in [0, 0.05) is 12.2 Å². The second kappa shape index (κ2) is 6.14. The van der Waals surface area contributed by atoms with Gasteiger partial charge < -0.3 is 5.32 Å². The zero-order valence-corrected chi connectivity index (χ0v) is 13.0. The maximum atomic E-state index is 4.60. The Balaban J connectivity index is 2.52. The molecule has 2 aromatic rings. The molecule has 1 N–H and O–H groups in total. The monoisotopic (exact) mass is 323 g/mol. The van der Waals surface area contributed by atoms with Crippen LogP contribution in [0.2, 0.25) is 0 Å². The van der Waals surface area contributed by atoms with Crippen molar-refractivity contribution in [1.29, 1.82) is 0 Å². The third-order valence-corrected chi connectivity index (χ3v) is 3.60. The van der Waals surface area contributed by atoms with E-state index < -0.39 is 0 Å². The summed E-state index contributed by atoms with van der Waals surface area (Å²) in [4.78, 5) is 8.58. The van der Waals surface area contributed by atoms with Gasteiger partial charge in [0.1, 0.15) is 16.6 Å². The smallest absolute Gasteiger partial charge is 0.173 e. The molecule has 2 aromatic heterocycles. The fraction of sp³-hybridized carbons (Fsp3) is 0.462. The molecule has 2 rings (SSSR count). The van der Waals surface area contributed by atoms with Gasteiger partial charge in [0.25, 0.3) is 0 Å². The SMILES string of the molecule is CCNc1ncnc(-n2nc(CC)cc2CC)c1Br. The van der Waals surface area contributed by atoms with Gasteiger partial charge in [0.15, 0.2) is 5.82 Å². The maximum absolute atomic E-state index is 4.60. The third kappa shape index (κ3) is 2.78. The Bertz CT molecular complexity index is 564. The number of hydrogen-bond donors (Lipinski definition) is 1. The minimum Gasteiger partial charge on any atom is -0.369 e. The summed E-state index contributed by atoms with van der Waals surface area (Å²) in [6.45, 7) is 7.07. The molecule has 0 saturated carbocycles. The van der Waals surface area contributed by atoms with E-state index >= 15 is 0 Å². The first-order valence-electron chi connectivity index (χ1n) is 6.53. The van der Waals surface area contributed by atoms with Gasteiger partial charge in [-0.15, -0.1) is 0 Å². The van der Waals surface area contributed by atoms with Crippen molar-refractivity contribution in [1.82, 2.24) is 19.7 Å². The van der Waals surface area contributed by atoms with E-state index in [0.717, 1.165) is 46.9 Å². The van der Waals surface area contributed by atoms with Crippen molar-refractivity contribution in [3.63, 3.8) is 0 Å². The van der Waals surface area contributed by atoms with Gasteiger partial charge in [0.2, 0.25) is 0 Å². The molecule has 2 heterocycles. The Labute approximate surface area is 121 Å². The average molecular weight is 324 g/mol. The molecule has 0 aliphatic carbocycles. The summed E-state index contributed by atoms with van der Waals surface area (Å²) in [5, 5.41) is 7.81. The van der Waals surface area contributed by atoms with E-state index in [1.807, 2.05) is 11.6 Å². The van der Waals surface area contributed by atoms with E-state index in [9.17, 15) is 0 Å². The molecule has 0 fully saturated rings. The highest BCUT2D eigenvalue weighted by atomic mass is 79.9. The predicted molar refractivity (Wildman–Crippen MR) is 79.8 cm³/mol. The summed E-state index contributed by atoms with van der Waals surface area (Å²) in [5.41, 5.74) is 2.23. The minimum absolute atomic E-state index is 0.780. The number of nitrogens with one attached hydrogen (secondary N) is 1. The fourth-order valence-corrected chi connectivity index (χ4v) is 2.39. The maximum Gasteiger partial charge on any atom is 0.173 e. The molecule has 0 bridgehead atoms. The summed E-state index contributed by atoms with van der Waals surface area (Å²) < 4.78 is 2.74. The third-order valence-electron chi connectivity index (χ3n) is 2.87. The van der Waals surface area contributed by atoms with Crippen LogP contribution in [-0.2, 0) is 12.8 Å². The quantitative estimate of drug-likeness (QED) is 0.919. The van der Waals surface area contributed by atoms with Gasteiger partial charge in [-0.3, -0.25) is 0 Å². The van der Waals surface area contributed by atoms with Crippen molar-refractivity contribution in [2.45, 2.75) is 33.6 Å². The Morgan fingerprint density at radius 1 is 1.21 bits per heavy atom. The molecular formula is C13H18BrN5. The van der Waals surface area contributed by atoms with Gasteiger partial charge >= 0.3 is 0 Å². The molecule has 0 aliphatic heterocycles. The summed E-state index contributed by atoms with van der Waals surface area (Å²) in [5.74, 6) is 1.57. The van der Waals surface area contributed by atoms with Crippen molar-refractivity contribution >= 4 is 21.7 Å². The van der Waals surface area contributed by atoms with Crippen LogP contribution >= 0.6 is 15.9 Å². The van der Waals surface area contributed by atoms with Crippen LogP contribution in [0.3, 0.4) is 0 Å². The van der Waals surface area contributed by atoms with Gasteiger partial charge in [-0.1, -0.05) is 13.8 Å². The van der Waals surface area contributed by atoms with E-state index in [-0.39, 0.29) is 0 Å². The van der Waals surface area contributed by atoms with E-state index in [4.69, 9.17) is 0 Å². The first kappa shape index (κ1) is 14.0. The lowest BCUT2D eigenvalue weighted by Gasteiger charge is -2.10. The highest BCUT2D eigenvalue weighted by molar-refractivity contribution is 9.10. The molecule has 0 aliphatic rings. The van der Waals surface area contributed by atoms with Crippen LogP contribution in [0, 0.1) is 0 Å². The molecule has 0 aromatic carbocycles. The first-order chi connectivity index (χ1) is 9.21. The van der Waals surface area contributed by atoms with Gasteiger partial charge in [-0.05, 0) is 41.8 Å². The van der Waals surface area contributed by atoms with Gasteiger partial charge in [-0.2, -0.15) is 5.10 Å². The van der Waals surface area contributed by atoms with Crippen LogP contribution in [0.1, 0.15) is 32.2 Å². The Morgan fingerprint density at radius 3 is 2.63 bits per heavy atom. The van der Waals surface area contributed by atoms with Crippen LogP contribution in [-0.4, -0.2) is 26.3 Å². The Hall–Kier alpha value is -1.43. The number of aromatic nitrogens is 4. The van der Waals surface area contributed by atoms with E-state index in [1.165, 1.54) is 0 Å². The van der Waals surface area contributed by atoms with Crippen LogP contribution in [0.25, 0.3) is 5.82 Å². The Morgan fingerprint density at radius 2 is 2.00 bits per heavy atom. The first-order valence-corrected chi connectivity index (χ1v) is 7.33.